The van der Waals surface area contributed by atoms with Crippen molar-refractivity contribution in [1.82, 2.24) is 15.5 Å². The summed E-state index contributed by atoms with van der Waals surface area (Å²) in [7, 11) is 5.95. The molecule has 32 heavy (non-hydrogen) atoms. The number of aryl methyl sites for hydroxylation is 1. The van der Waals surface area contributed by atoms with E-state index in [4.69, 9.17) is 9.47 Å². The van der Waals surface area contributed by atoms with E-state index in [-0.39, 0.29) is 30.1 Å². The maximum atomic E-state index is 6.11. The average molecular weight is 553 g/mol. The molecule has 0 saturated carbocycles. The van der Waals surface area contributed by atoms with Gasteiger partial charge in [-0.15, -0.1) is 24.0 Å². The molecular weight excluding hydrogens is 515 g/mol. The first-order valence-corrected chi connectivity index (χ1v) is 11.0. The number of guanidine groups is 1. The first-order chi connectivity index (χ1) is 15.0. The average Bonchev–Trinajstić information content (AvgIpc) is 3.28. The molecule has 1 fully saturated rings. The number of hydrogen-bond donors (Lipinski definition) is 2. The lowest BCUT2D eigenvalue weighted by molar-refractivity contribution is 0.0676. The number of nitrogens with zero attached hydrogens (tertiary/aromatic N) is 2. The van der Waals surface area contributed by atoms with E-state index in [9.17, 15) is 0 Å². The molecule has 0 amide bonds. The van der Waals surface area contributed by atoms with Crippen LogP contribution in [0.3, 0.4) is 0 Å². The largest absolute Gasteiger partial charge is 0.491 e. The van der Waals surface area contributed by atoms with Crippen LogP contribution in [0.25, 0.3) is 0 Å². The molecule has 1 unspecified atom stereocenters. The number of ether oxygens (including phenoxy) is 2. The van der Waals surface area contributed by atoms with Gasteiger partial charge in [-0.25, -0.2) is 0 Å². The molecule has 2 N–H and O–H groups in total. The maximum Gasteiger partial charge on any atom is 0.191 e. The van der Waals surface area contributed by atoms with Crippen molar-refractivity contribution in [3.05, 3.63) is 64.7 Å². The summed E-state index contributed by atoms with van der Waals surface area (Å²) in [6.07, 6.45) is 2.41. The third kappa shape index (κ3) is 8.60. The van der Waals surface area contributed by atoms with Crippen LogP contribution < -0.4 is 15.4 Å². The number of hydrogen-bond acceptors (Lipinski definition) is 4. The molecule has 3 rings (SSSR count). The highest BCUT2D eigenvalue weighted by molar-refractivity contribution is 14.0. The van der Waals surface area contributed by atoms with Crippen LogP contribution in [0.4, 0.5) is 0 Å². The molecule has 0 radical (unpaired) electrons. The quantitative estimate of drug-likeness (QED) is 0.279. The van der Waals surface area contributed by atoms with Crippen molar-refractivity contribution in [3.63, 3.8) is 0 Å². The zero-order valence-electron chi connectivity index (χ0n) is 19.7. The van der Waals surface area contributed by atoms with Crippen molar-refractivity contribution in [2.24, 2.45) is 4.99 Å². The smallest absolute Gasteiger partial charge is 0.191 e. The van der Waals surface area contributed by atoms with Gasteiger partial charge in [0.25, 0.3) is 0 Å². The Balaban J connectivity index is 0.00000363. The summed E-state index contributed by atoms with van der Waals surface area (Å²) in [4.78, 5) is 6.53. The first kappa shape index (κ1) is 26.4. The fraction of sp³-hybridized carbons (Fsp3) is 0.480. The van der Waals surface area contributed by atoms with Crippen molar-refractivity contribution in [2.45, 2.75) is 45.5 Å². The highest BCUT2D eigenvalue weighted by Crippen LogP contribution is 2.22. The van der Waals surface area contributed by atoms with Gasteiger partial charge in [0.2, 0.25) is 0 Å². The summed E-state index contributed by atoms with van der Waals surface area (Å²) in [6.45, 7) is 5.84. The fourth-order valence-corrected chi connectivity index (χ4v) is 3.61. The van der Waals surface area contributed by atoms with Crippen LogP contribution in [-0.2, 0) is 24.4 Å². The second-order valence-corrected chi connectivity index (χ2v) is 8.39. The van der Waals surface area contributed by atoms with Crippen LogP contribution in [0.15, 0.2) is 47.5 Å². The van der Waals surface area contributed by atoms with Gasteiger partial charge < -0.3 is 25.0 Å². The van der Waals surface area contributed by atoms with Gasteiger partial charge in [0, 0.05) is 38.9 Å². The normalized spacial score (nSPS) is 16.0. The summed E-state index contributed by atoms with van der Waals surface area (Å²) in [5, 5.41) is 6.79. The molecule has 2 aromatic carbocycles. The molecule has 0 aliphatic carbocycles. The molecule has 0 bridgehead atoms. The van der Waals surface area contributed by atoms with Gasteiger partial charge in [-0.3, -0.25) is 4.99 Å². The van der Waals surface area contributed by atoms with E-state index in [1.54, 1.807) is 7.05 Å². The second-order valence-electron chi connectivity index (χ2n) is 8.39. The Bertz CT molecular complexity index is 850. The van der Waals surface area contributed by atoms with Gasteiger partial charge in [-0.1, -0.05) is 36.4 Å². The van der Waals surface area contributed by atoms with E-state index in [0.717, 1.165) is 49.8 Å². The fourth-order valence-electron chi connectivity index (χ4n) is 3.61. The Morgan fingerprint density at radius 3 is 2.47 bits per heavy atom. The third-order valence-corrected chi connectivity index (χ3v) is 5.32. The Hall–Kier alpha value is -1.84. The molecule has 1 heterocycles. The highest BCUT2D eigenvalue weighted by atomic mass is 127. The summed E-state index contributed by atoms with van der Waals surface area (Å²) in [6, 6.07) is 15.0. The predicted octanol–water partition coefficient (Wildman–Crippen LogP) is 4.10. The lowest BCUT2D eigenvalue weighted by atomic mass is 10.1. The molecule has 1 atom stereocenters. The predicted molar refractivity (Wildman–Crippen MR) is 142 cm³/mol. The summed E-state index contributed by atoms with van der Waals surface area (Å²) >= 11 is 0. The molecule has 7 heteroatoms. The lowest BCUT2D eigenvalue weighted by Crippen LogP contribution is -2.36. The lowest BCUT2D eigenvalue weighted by Gasteiger charge is -2.17. The monoisotopic (exact) mass is 552 g/mol. The number of benzene rings is 2. The minimum Gasteiger partial charge on any atom is -0.491 e. The van der Waals surface area contributed by atoms with Crippen molar-refractivity contribution >= 4 is 29.9 Å². The van der Waals surface area contributed by atoms with Gasteiger partial charge in [0.05, 0.1) is 6.10 Å². The Morgan fingerprint density at radius 1 is 1.09 bits per heavy atom. The van der Waals surface area contributed by atoms with Gasteiger partial charge in [0.15, 0.2) is 5.96 Å². The van der Waals surface area contributed by atoms with E-state index >= 15 is 0 Å². The minimum atomic E-state index is 0. The maximum absolute atomic E-state index is 6.11. The van der Waals surface area contributed by atoms with Crippen molar-refractivity contribution in [3.8, 4) is 5.75 Å². The van der Waals surface area contributed by atoms with Crippen LogP contribution >= 0.6 is 24.0 Å². The van der Waals surface area contributed by atoms with E-state index < -0.39 is 0 Å². The molecular formula is C25H37IN4O2. The van der Waals surface area contributed by atoms with Gasteiger partial charge in [0.1, 0.15) is 12.4 Å². The second kappa shape index (κ2) is 13.6. The van der Waals surface area contributed by atoms with Crippen molar-refractivity contribution in [2.75, 3.05) is 34.4 Å². The number of aliphatic imine (C=N–C) groups is 1. The zero-order valence-corrected chi connectivity index (χ0v) is 22.0. The molecule has 0 spiro atoms. The van der Waals surface area contributed by atoms with E-state index in [1.165, 1.54) is 16.7 Å². The number of halogens is 1. The van der Waals surface area contributed by atoms with Crippen molar-refractivity contribution < 1.29 is 9.47 Å². The topological polar surface area (TPSA) is 58.1 Å². The molecule has 6 nitrogen and oxygen atoms in total. The molecule has 1 aliphatic heterocycles. The molecule has 1 saturated heterocycles. The Morgan fingerprint density at radius 2 is 1.81 bits per heavy atom. The van der Waals surface area contributed by atoms with Gasteiger partial charge >= 0.3 is 0 Å². The van der Waals surface area contributed by atoms with Crippen LogP contribution in [0.1, 0.15) is 35.1 Å². The van der Waals surface area contributed by atoms with Crippen LogP contribution in [0.2, 0.25) is 0 Å². The van der Waals surface area contributed by atoms with Gasteiger partial charge in [-0.05, 0) is 56.6 Å². The summed E-state index contributed by atoms with van der Waals surface area (Å²) < 4.78 is 11.8. The van der Waals surface area contributed by atoms with E-state index in [2.05, 4.69) is 84.0 Å². The highest BCUT2D eigenvalue weighted by Gasteiger charge is 2.17. The number of rotatable bonds is 9. The Kier molecular flexibility index (Phi) is 11.3. The molecule has 2 aromatic rings. The van der Waals surface area contributed by atoms with E-state index in [1.807, 2.05) is 0 Å². The minimum absolute atomic E-state index is 0. The third-order valence-electron chi connectivity index (χ3n) is 5.32. The van der Waals surface area contributed by atoms with Crippen molar-refractivity contribution in [1.29, 1.82) is 0 Å². The standard InChI is InChI=1S/C25H36N4O2.HI/c1-19-7-12-22(24(14-19)31-18-23-6-5-13-30-23)16-28-25(26-2)27-15-20-8-10-21(11-9-20)17-29(3)4;/h7-12,14,23H,5-6,13,15-18H2,1-4H3,(H2,26,27,28);1H. The summed E-state index contributed by atoms with van der Waals surface area (Å²) in [5.74, 6) is 1.68. The molecule has 1 aliphatic rings. The molecule has 176 valence electrons. The SMILES string of the molecule is CN=C(NCc1ccc(CN(C)C)cc1)NCc1ccc(C)cc1OCC1CCCO1.I. The zero-order chi connectivity index (χ0) is 22.1. The van der Waals surface area contributed by atoms with Gasteiger partial charge in [-0.2, -0.15) is 0 Å². The van der Waals surface area contributed by atoms with Crippen LogP contribution in [0, 0.1) is 6.92 Å². The molecule has 0 aromatic heterocycles. The van der Waals surface area contributed by atoms with E-state index in [0.29, 0.717) is 13.2 Å². The summed E-state index contributed by atoms with van der Waals surface area (Å²) in [5.41, 5.74) is 4.83. The Labute approximate surface area is 209 Å². The first-order valence-electron chi connectivity index (χ1n) is 11.0. The van der Waals surface area contributed by atoms with Crippen LogP contribution in [-0.4, -0.2) is 51.3 Å². The number of nitrogens with one attached hydrogen (secondary N) is 2. The van der Waals surface area contributed by atoms with Crippen LogP contribution in [0.5, 0.6) is 5.75 Å².